The van der Waals surface area contributed by atoms with Crippen molar-refractivity contribution in [3.8, 4) is 11.5 Å². The lowest BCUT2D eigenvalue weighted by Crippen LogP contribution is -2.13. The molecule has 2 N–H and O–H groups in total. The topological polar surface area (TPSA) is 58.6 Å². The lowest BCUT2D eigenvalue weighted by molar-refractivity contribution is 0.102. The van der Waals surface area contributed by atoms with Crippen molar-refractivity contribution in [1.29, 1.82) is 0 Å². The van der Waals surface area contributed by atoms with Crippen molar-refractivity contribution in [2.75, 3.05) is 11.9 Å². The van der Waals surface area contributed by atoms with Gasteiger partial charge in [-0.3, -0.25) is 4.79 Å². The van der Waals surface area contributed by atoms with E-state index in [0.29, 0.717) is 23.6 Å². The number of carbonyl (C=O) groups is 1. The molecule has 20 heavy (non-hydrogen) atoms. The van der Waals surface area contributed by atoms with Gasteiger partial charge in [0.25, 0.3) is 5.91 Å². The Morgan fingerprint density at radius 3 is 2.60 bits per heavy atom. The maximum absolute atomic E-state index is 12.3. The van der Waals surface area contributed by atoms with Gasteiger partial charge in [0.2, 0.25) is 0 Å². The second-order valence-electron chi connectivity index (χ2n) is 4.07. The van der Waals surface area contributed by atoms with Gasteiger partial charge >= 0.3 is 0 Å². The van der Waals surface area contributed by atoms with E-state index in [-0.39, 0.29) is 11.7 Å². The highest BCUT2D eigenvalue weighted by Gasteiger charge is 2.13. The zero-order valence-corrected chi connectivity index (χ0v) is 12.5. The number of ether oxygens (including phenoxy) is 1. The molecule has 0 saturated carbocycles. The summed E-state index contributed by atoms with van der Waals surface area (Å²) < 4.78 is 6.25. The highest BCUT2D eigenvalue weighted by atomic mass is 79.9. The van der Waals surface area contributed by atoms with Gasteiger partial charge in [0.1, 0.15) is 11.5 Å². The van der Waals surface area contributed by atoms with Crippen molar-refractivity contribution in [1.82, 2.24) is 0 Å². The molecule has 2 aromatic carbocycles. The van der Waals surface area contributed by atoms with E-state index in [2.05, 4.69) is 21.2 Å². The first-order valence-electron chi connectivity index (χ1n) is 6.13. The number of hydrogen-bond donors (Lipinski definition) is 2. The van der Waals surface area contributed by atoms with Crippen LogP contribution in [-0.4, -0.2) is 17.6 Å². The number of phenols is 1. The fourth-order valence-corrected chi connectivity index (χ4v) is 2.07. The Labute approximate surface area is 125 Å². The molecule has 0 heterocycles. The van der Waals surface area contributed by atoms with E-state index >= 15 is 0 Å². The molecule has 1 amide bonds. The van der Waals surface area contributed by atoms with Crippen LogP contribution in [0.15, 0.2) is 46.9 Å². The van der Waals surface area contributed by atoms with Crippen LogP contribution in [0.5, 0.6) is 11.5 Å². The van der Waals surface area contributed by atoms with Gasteiger partial charge in [0, 0.05) is 10.2 Å². The Kier molecular flexibility index (Phi) is 4.63. The van der Waals surface area contributed by atoms with Crippen LogP contribution >= 0.6 is 15.9 Å². The minimum absolute atomic E-state index is 0.153. The predicted molar refractivity (Wildman–Crippen MR) is 81.4 cm³/mol. The summed E-state index contributed by atoms with van der Waals surface area (Å²) in [5.74, 6) is 0.424. The van der Waals surface area contributed by atoms with Crippen LogP contribution in [0, 0.1) is 0 Å². The van der Waals surface area contributed by atoms with Crippen LogP contribution in [0.1, 0.15) is 17.3 Å². The molecular weight excluding hydrogens is 322 g/mol. The van der Waals surface area contributed by atoms with E-state index in [0.717, 1.165) is 4.47 Å². The minimum atomic E-state index is -0.263. The number of halogens is 1. The maximum Gasteiger partial charge on any atom is 0.259 e. The first-order valence-corrected chi connectivity index (χ1v) is 6.92. The molecule has 5 heteroatoms. The Hall–Kier alpha value is -2.01. The fraction of sp³-hybridized carbons (Fsp3) is 0.133. The molecule has 0 saturated heterocycles. The second kappa shape index (κ2) is 6.43. The third kappa shape index (κ3) is 3.51. The highest BCUT2D eigenvalue weighted by Crippen LogP contribution is 2.24. The summed E-state index contributed by atoms with van der Waals surface area (Å²) in [5, 5.41) is 12.0. The van der Waals surface area contributed by atoms with Crippen LogP contribution in [-0.2, 0) is 0 Å². The summed E-state index contributed by atoms with van der Waals surface area (Å²) in [6.45, 7) is 2.35. The fourth-order valence-electron chi connectivity index (χ4n) is 1.70. The third-order valence-electron chi connectivity index (χ3n) is 2.61. The zero-order chi connectivity index (χ0) is 14.5. The van der Waals surface area contributed by atoms with Crippen LogP contribution in [0.2, 0.25) is 0 Å². The van der Waals surface area contributed by atoms with Gasteiger partial charge in [-0.05, 0) is 49.4 Å². The number of benzene rings is 2. The summed E-state index contributed by atoms with van der Waals surface area (Å²) in [6.07, 6.45) is 0. The smallest absolute Gasteiger partial charge is 0.259 e. The number of carbonyl (C=O) groups excluding carboxylic acids is 1. The van der Waals surface area contributed by atoms with Crippen molar-refractivity contribution in [3.63, 3.8) is 0 Å². The van der Waals surface area contributed by atoms with Crippen LogP contribution in [0.4, 0.5) is 5.69 Å². The molecule has 0 aromatic heterocycles. The summed E-state index contributed by atoms with van der Waals surface area (Å²) >= 11 is 3.34. The normalized spacial score (nSPS) is 10.1. The highest BCUT2D eigenvalue weighted by molar-refractivity contribution is 9.10. The second-order valence-corrected chi connectivity index (χ2v) is 4.99. The molecule has 0 unspecified atom stereocenters. The van der Waals surface area contributed by atoms with Gasteiger partial charge in [-0.25, -0.2) is 0 Å². The molecule has 2 aromatic rings. The average Bonchev–Trinajstić information content (AvgIpc) is 2.43. The molecular formula is C15H14BrNO3. The lowest BCUT2D eigenvalue weighted by atomic mass is 10.2. The monoisotopic (exact) mass is 335 g/mol. The summed E-state index contributed by atoms with van der Waals surface area (Å²) in [7, 11) is 0. The Morgan fingerprint density at radius 1 is 1.25 bits per heavy atom. The number of anilines is 1. The van der Waals surface area contributed by atoms with Crippen molar-refractivity contribution in [3.05, 3.63) is 52.5 Å². The number of nitrogens with one attached hydrogen (secondary N) is 1. The predicted octanol–water partition coefficient (Wildman–Crippen LogP) is 3.81. The number of aromatic hydroxyl groups is 1. The van der Waals surface area contributed by atoms with Gasteiger partial charge in [-0.1, -0.05) is 15.9 Å². The molecule has 0 aliphatic carbocycles. The van der Waals surface area contributed by atoms with E-state index in [9.17, 15) is 9.90 Å². The molecule has 2 rings (SSSR count). The first kappa shape index (κ1) is 14.4. The Balaban J connectivity index is 2.23. The van der Waals surface area contributed by atoms with Crippen molar-refractivity contribution in [2.24, 2.45) is 0 Å². The quantitative estimate of drug-likeness (QED) is 0.835. The largest absolute Gasteiger partial charge is 0.508 e. The van der Waals surface area contributed by atoms with Gasteiger partial charge in [0.15, 0.2) is 0 Å². The number of rotatable bonds is 4. The van der Waals surface area contributed by atoms with Crippen LogP contribution in [0.3, 0.4) is 0 Å². The van der Waals surface area contributed by atoms with Crippen LogP contribution in [0.25, 0.3) is 0 Å². The molecule has 0 atom stereocenters. The molecule has 4 nitrogen and oxygen atoms in total. The van der Waals surface area contributed by atoms with Crippen molar-refractivity contribution >= 4 is 27.5 Å². The molecule has 0 fully saturated rings. The Morgan fingerprint density at radius 2 is 1.95 bits per heavy atom. The Bertz CT molecular complexity index is 611. The molecule has 0 bridgehead atoms. The van der Waals surface area contributed by atoms with E-state index < -0.39 is 0 Å². The van der Waals surface area contributed by atoms with Gasteiger partial charge in [-0.2, -0.15) is 0 Å². The number of amides is 1. The first-order chi connectivity index (χ1) is 9.60. The summed E-state index contributed by atoms with van der Waals surface area (Å²) in [5.41, 5.74) is 1.06. The SMILES string of the molecule is CCOc1ccc(Br)cc1C(=O)Nc1ccc(O)cc1. The molecule has 0 aliphatic heterocycles. The third-order valence-corrected chi connectivity index (χ3v) is 3.10. The molecule has 0 aliphatic rings. The zero-order valence-electron chi connectivity index (χ0n) is 10.9. The minimum Gasteiger partial charge on any atom is -0.508 e. The van der Waals surface area contributed by atoms with E-state index in [1.54, 1.807) is 24.3 Å². The van der Waals surface area contributed by atoms with Gasteiger partial charge in [-0.15, -0.1) is 0 Å². The molecule has 0 spiro atoms. The van der Waals surface area contributed by atoms with Gasteiger partial charge in [0.05, 0.1) is 12.2 Å². The number of hydrogen-bond acceptors (Lipinski definition) is 3. The molecule has 104 valence electrons. The van der Waals surface area contributed by atoms with E-state index in [1.165, 1.54) is 12.1 Å². The lowest BCUT2D eigenvalue weighted by Gasteiger charge is -2.11. The van der Waals surface area contributed by atoms with Crippen LogP contribution < -0.4 is 10.1 Å². The standard InChI is InChI=1S/C15H14BrNO3/c1-2-20-14-8-3-10(16)9-13(14)15(19)17-11-4-6-12(18)7-5-11/h3-9,18H,2H2,1H3,(H,17,19). The van der Waals surface area contributed by atoms with E-state index in [4.69, 9.17) is 4.74 Å². The molecule has 0 radical (unpaired) electrons. The van der Waals surface area contributed by atoms with E-state index in [1.807, 2.05) is 13.0 Å². The number of phenolic OH excluding ortho intramolecular Hbond substituents is 1. The van der Waals surface area contributed by atoms with Gasteiger partial charge < -0.3 is 15.2 Å². The summed E-state index contributed by atoms with van der Waals surface area (Å²) in [4.78, 5) is 12.3. The van der Waals surface area contributed by atoms with Crippen molar-refractivity contribution in [2.45, 2.75) is 6.92 Å². The maximum atomic E-state index is 12.3. The average molecular weight is 336 g/mol. The summed E-state index contributed by atoms with van der Waals surface area (Å²) in [6, 6.07) is 11.6. The van der Waals surface area contributed by atoms with Crippen molar-refractivity contribution < 1.29 is 14.6 Å².